The molecule has 5 aromatic rings. The number of halogens is 1. The van der Waals surface area contributed by atoms with E-state index in [1.54, 1.807) is 12.1 Å². The average Bonchev–Trinajstić information content (AvgIpc) is 3.43. The number of rotatable bonds is 8. The van der Waals surface area contributed by atoms with E-state index in [4.69, 9.17) is 16.1 Å². The van der Waals surface area contributed by atoms with Crippen LogP contribution in [0.25, 0.3) is 33.2 Å². The van der Waals surface area contributed by atoms with E-state index in [2.05, 4.69) is 26.1 Å². The molecule has 0 saturated carbocycles. The van der Waals surface area contributed by atoms with Crippen LogP contribution in [-0.4, -0.2) is 32.3 Å². The van der Waals surface area contributed by atoms with Crippen molar-refractivity contribution >= 4 is 45.0 Å². The maximum Gasteiger partial charge on any atom is 0.226 e. The lowest BCUT2D eigenvalue weighted by Gasteiger charge is -2.07. The molecule has 2 N–H and O–H groups in total. The van der Waals surface area contributed by atoms with Crippen LogP contribution in [0.2, 0.25) is 5.02 Å². The van der Waals surface area contributed by atoms with Gasteiger partial charge >= 0.3 is 0 Å². The number of fused-ring (bicyclic) bond motifs is 3. The molecule has 0 radical (unpaired) electrons. The maximum absolute atomic E-state index is 12.5. The molecule has 172 valence electrons. The Morgan fingerprint density at radius 3 is 2.65 bits per heavy atom. The van der Waals surface area contributed by atoms with Gasteiger partial charge in [0.15, 0.2) is 0 Å². The summed E-state index contributed by atoms with van der Waals surface area (Å²) in [6.07, 6.45) is 1.44. The van der Waals surface area contributed by atoms with Crippen LogP contribution < -0.4 is 5.32 Å². The molecule has 0 bridgehead atoms. The number of aromatic nitrogens is 3. The molecule has 2 aromatic heterocycles. The molecular weight excluding hydrogens is 452 g/mol. The molecule has 34 heavy (non-hydrogen) atoms. The first-order valence-corrected chi connectivity index (χ1v) is 11.5. The quantitative estimate of drug-likeness (QED) is 0.312. The number of para-hydroxylation sites is 1. The van der Waals surface area contributed by atoms with E-state index in [9.17, 15) is 9.90 Å². The van der Waals surface area contributed by atoms with Crippen LogP contribution in [0.4, 0.5) is 5.69 Å². The Kier molecular flexibility index (Phi) is 6.29. The zero-order chi connectivity index (χ0) is 23.5. The van der Waals surface area contributed by atoms with Crippen molar-refractivity contribution in [2.45, 2.75) is 25.8 Å². The Hall–Kier alpha value is -3.68. The van der Waals surface area contributed by atoms with Crippen molar-refractivity contribution in [1.29, 1.82) is 0 Å². The molecule has 0 aliphatic carbocycles. The highest BCUT2D eigenvalue weighted by Crippen LogP contribution is 2.31. The van der Waals surface area contributed by atoms with Gasteiger partial charge < -0.3 is 19.5 Å². The molecule has 0 saturated heterocycles. The molecule has 2 heterocycles. The third-order valence-corrected chi connectivity index (χ3v) is 6.00. The monoisotopic (exact) mass is 474 g/mol. The Labute approximate surface area is 201 Å². The molecule has 0 atom stereocenters. The lowest BCUT2D eigenvalue weighted by Crippen LogP contribution is -2.11. The third kappa shape index (κ3) is 4.53. The van der Waals surface area contributed by atoms with Gasteiger partial charge in [0.1, 0.15) is 0 Å². The summed E-state index contributed by atoms with van der Waals surface area (Å²) in [6.45, 7) is 0.582. The number of nitrogens with zero attached hydrogens (tertiary/aromatic N) is 3. The number of aliphatic hydroxyl groups is 1. The number of anilines is 1. The smallest absolute Gasteiger partial charge is 0.226 e. The first-order chi connectivity index (χ1) is 16.6. The standard InChI is InChI=1S/C26H23ClN4O3/c27-18-10-8-17(9-11-18)26-29-25(34-30-26)7-3-6-24(33)28-19-12-13-23-21(16-19)20-4-1-2-5-22(20)31(23)14-15-32/h1-2,4-5,8-13,16,32H,3,6-7,14-15H2,(H,28,33). The number of carbonyl (C=O) groups is 1. The molecule has 1 amide bonds. The van der Waals surface area contributed by atoms with Crippen molar-refractivity contribution in [2.24, 2.45) is 0 Å². The molecule has 0 spiro atoms. The summed E-state index contributed by atoms with van der Waals surface area (Å²) in [5.74, 6) is 0.927. The number of carbonyl (C=O) groups excluding carboxylic acids is 1. The largest absolute Gasteiger partial charge is 0.395 e. The van der Waals surface area contributed by atoms with Gasteiger partial charge in [-0.25, -0.2) is 0 Å². The van der Waals surface area contributed by atoms with E-state index in [-0.39, 0.29) is 12.5 Å². The summed E-state index contributed by atoms with van der Waals surface area (Å²) in [6, 6.07) is 21.2. The van der Waals surface area contributed by atoms with Crippen LogP contribution in [0.5, 0.6) is 0 Å². The van der Waals surface area contributed by atoms with E-state index in [1.165, 1.54) is 0 Å². The molecule has 0 aliphatic rings. The summed E-state index contributed by atoms with van der Waals surface area (Å²) in [7, 11) is 0. The van der Waals surface area contributed by atoms with Gasteiger partial charge in [-0.05, 0) is 55.0 Å². The third-order valence-electron chi connectivity index (χ3n) is 5.74. The molecule has 0 aliphatic heterocycles. The van der Waals surface area contributed by atoms with E-state index >= 15 is 0 Å². The predicted molar refractivity (Wildman–Crippen MR) is 133 cm³/mol. The fraction of sp³-hybridized carbons (Fsp3) is 0.192. The molecule has 3 aromatic carbocycles. The molecular formula is C26H23ClN4O3. The average molecular weight is 475 g/mol. The van der Waals surface area contributed by atoms with Crippen molar-refractivity contribution < 1.29 is 14.4 Å². The lowest BCUT2D eigenvalue weighted by molar-refractivity contribution is -0.116. The van der Waals surface area contributed by atoms with Crippen LogP contribution in [0.15, 0.2) is 71.3 Å². The normalized spacial score (nSPS) is 11.4. The van der Waals surface area contributed by atoms with Crippen molar-refractivity contribution in [3.63, 3.8) is 0 Å². The molecule has 7 nitrogen and oxygen atoms in total. The number of nitrogens with one attached hydrogen (secondary N) is 1. The van der Waals surface area contributed by atoms with Gasteiger partial charge in [0.2, 0.25) is 17.6 Å². The number of hydrogen-bond donors (Lipinski definition) is 2. The van der Waals surface area contributed by atoms with Gasteiger partial charge in [0.05, 0.1) is 6.61 Å². The van der Waals surface area contributed by atoms with Gasteiger partial charge in [-0.15, -0.1) is 0 Å². The first-order valence-electron chi connectivity index (χ1n) is 11.1. The Balaban J connectivity index is 1.22. The fourth-order valence-corrected chi connectivity index (χ4v) is 4.29. The second-order valence-electron chi connectivity index (χ2n) is 8.04. The van der Waals surface area contributed by atoms with E-state index in [0.29, 0.717) is 42.5 Å². The van der Waals surface area contributed by atoms with Gasteiger partial charge in [0.25, 0.3) is 0 Å². The van der Waals surface area contributed by atoms with E-state index in [0.717, 1.165) is 33.1 Å². The molecule has 0 fully saturated rings. The van der Waals surface area contributed by atoms with Gasteiger partial charge in [-0.2, -0.15) is 4.98 Å². The minimum absolute atomic E-state index is 0.0630. The topological polar surface area (TPSA) is 93.2 Å². The predicted octanol–water partition coefficient (Wildman–Crippen LogP) is 5.45. The Morgan fingerprint density at radius 2 is 1.82 bits per heavy atom. The second kappa shape index (κ2) is 9.67. The number of benzene rings is 3. The summed E-state index contributed by atoms with van der Waals surface area (Å²) >= 11 is 5.92. The molecule has 8 heteroatoms. The molecule has 0 unspecified atom stereocenters. The Morgan fingerprint density at radius 1 is 1.03 bits per heavy atom. The van der Waals surface area contributed by atoms with E-state index < -0.39 is 0 Å². The highest BCUT2D eigenvalue weighted by atomic mass is 35.5. The highest BCUT2D eigenvalue weighted by Gasteiger charge is 2.13. The van der Waals surface area contributed by atoms with E-state index in [1.807, 2.05) is 48.5 Å². The highest BCUT2D eigenvalue weighted by molar-refractivity contribution is 6.30. The lowest BCUT2D eigenvalue weighted by atomic mass is 10.1. The summed E-state index contributed by atoms with van der Waals surface area (Å²) < 4.78 is 7.41. The number of aryl methyl sites for hydroxylation is 1. The van der Waals surface area contributed by atoms with Gasteiger partial charge in [-0.1, -0.05) is 35.0 Å². The van der Waals surface area contributed by atoms with Crippen LogP contribution in [0.1, 0.15) is 18.7 Å². The number of amides is 1. The SMILES string of the molecule is O=C(CCCc1nc(-c2ccc(Cl)cc2)no1)Nc1ccc2c(c1)c1ccccc1n2CCO. The van der Waals surface area contributed by atoms with Crippen molar-refractivity contribution in [2.75, 3.05) is 11.9 Å². The van der Waals surface area contributed by atoms with Crippen LogP contribution in [-0.2, 0) is 17.8 Å². The van der Waals surface area contributed by atoms with Crippen LogP contribution >= 0.6 is 11.6 Å². The van der Waals surface area contributed by atoms with Gasteiger partial charge in [0, 0.05) is 57.5 Å². The minimum atomic E-state index is -0.0733. The van der Waals surface area contributed by atoms with Crippen molar-refractivity contribution in [3.8, 4) is 11.4 Å². The maximum atomic E-state index is 12.5. The van der Waals surface area contributed by atoms with Crippen LogP contribution in [0, 0.1) is 0 Å². The number of hydrogen-bond acceptors (Lipinski definition) is 5. The minimum Gasteiger partial charge on any atom is -0.395 e. The first kappa shape index (κ1) is 22.1. The van der Waals surface area contributed by atoms with Crippen molar-refractivity contribution in [1.82, 2.24) is 14.7 Å². The van der Waals surface area contributed by atoms with Crippen molar-refractivity contribution in [3.05, 3.63) is 77.6 Å². The zero-order valence-corrected chi connectivity index (χ0v) is 19.1. The summed E-state index contributed by atoms with van der Waals surface area (Å²) in [5, 5.41) is 19.2. The van der Waals surface area contributed by atoms with Crippen LogP contribution in [0.3, 0.4) is 0 Å². The number of aliphatic hydroxyl groups excluding tert-OH is 1. The fourth-order valence-electron chi connectivity index (χ4n) is 4.17. The molecule has 5 rings (SSSR count). The van der Waals surface area contributed by atoms with Gasteiger partial charge in [-0.3, -0.25) is 4.79 Å². The zero-order valence-electron chi connectivity index (χ0n) is 18.4. The Bertz CT molecular complexity index is 1460. The summed E-state index contributed by atoms with van der Waals surface area (Å²) in [5.41, 5.74) is 3.66. The second-order valence-corrected chi connectivity index (χ2v) is 8.48. The summed E-state index contributed by atoms with van der Waals surface area (Å²) in [4.78, 5) is 16.9.